The first-order chi connectivity index (χ1) is 8.67. The van der Waals surface area contributed by atoms with Gasteiger partial charge in [0.25, 0.3) is 0 Å². The zero-order valence-corrected chi connectivity index (χ0v) is 13.9. The molecule has 0 fully saturated rings. The molecule has 0 aliphatic carbocycles. The third kappa shape index (κ3) is 2.91. The van der Waals surface area contributed by atoms with Crippen LogP contribution >= 0.6 is 0 Å². The van der Waals surface area contributed by atoms with E-state index in [0.29, 0.717) is 0 Å². The van der Waals surface area contributed by atoms with E-state index in [9.17, 15) is 0 Å². The fraction of sp³-hybridized carbons (Fsp3) is 0.562. The first-order valence-electron chi connectivity index (χ1n) is 6.73. The van der Waals surface area contributed by atoms with Gasteiger partial charge in [0.2, 0.25) is 8.32 Å². The summed E-state index contributed by atoms with van der Waals surface area (Å²) in [5.41, 5.74) is 0. The summed E-state index contributed by atoms with van der Waals surface area (Å²) in [6, 6.07) is 12.6. The van der Waals surface area contributed by atoms with Gasteiger partial charge in [0, 0.05) is 0 Å². The molecular weight excluding hydrogens is 250 g/mol. The predicted octanol–water partition coefficient (Wildman–Crippen LogP) is 3.98. The van der Waals surface area contributed by atoms with Crippen molar-refractivity contribution in [3.8, 4) is 6.07 Å². The van der Waals surface area contributed by atoms with Gasteiger partial charge in [0.1, 0.15) is 6.61 Å². The van der Waals surface area contributed by atoms with Gasteiger partial charge in [-0.25, -0.2) is 0 Å². The van der Waals surface area contributed by atoms with Crippen molar-refractivity contribution in [1.29, 1.82) is 5.26 Å². The molecule has 0 bridgehead atoms. The van der Waals surface area contributed by atoms with Crippen molar-refractivity contribution in [3.05, 3.63) is 30.3 Å². The third-order valence-corrected chi connectivity index (χ3v) is 9.59. The van der Waals surface area contributed by atoms with Crippen molar-refractivity contribution in [1.82, 2.24) is 0 Å². The lowest BCUT2D eigenvalue weighted by atomic mass is 10.2. The van der Waals surface area contributed by atoms with E-state index in [-0.39, 0.29) is 16.7 Å². The number of hydrogen-bond donors (Lipinski definition) is 0. The minimum Gasteiger partial charge on any atom is -0.398 e. The average Bonchev–Trinajstić information content (AvgIpc) is 2.27. The lowest BCUT2D eigenvalue weighted by molar-refractivity contribution is 0.306. The van der Waals surface area contributed by atoms with Crippen molar-refractivity contribution < 1.29 is 4.43 Å². The van der Waals surface area contributed by atoms with Gasteiger partial charge < -0.3 is 4.43 Å². The van der Waals surface area contributed by atoms with Crippen LogP contribution < -0.4 is 5.19 Å². The largest absolute Gasteiger partial charge is 0.398 e. The van der Waals surface area contributed by atoms with Crippen LogP contribution in [0.5, 0.6) is 0 Å². The van der Waals surface area contributed by atoms with Gasteiger partial charge in [-0.2, -0.15) is 5.26 Å². The Balaban J connectivity index is 3.50. The van der Waals surface area contributed by atoms with E-state index >= 15 is 0 Å². The summed E-state index contributed by atoms with van der Waals surface area (Å²) in [5.74, 6) is 0. The molecule has 19 heavy (non-hydrogen) atoms. The first kappa shape index (κ1) is 15.9. The van der Waals surface area contributed by atoms with Crippen molar-refractivity contribution in [2.45, 2.75) is 51.6 Å². The molecule has 0 saturated carbocycles. The second-order valence-electron chi connectivity index (χ2n) is 6.99. The fourth-order valence-electron chi connectivity index (χ4n) is 3.32. The summed E-state index contributed by atoms with van der Waals surface area (Å²) in [5, 5.41) is 10.3. The van der Waals surface area contributed by atoms with Gasteiger partial charge in [0.15, 0.2) is 0 Å². The van der Waals surface area contributed by atoms with Crippen LogP contribution in [0.3, 0.4) is 0 Å². The van der Waals surface area contributed by atoms with Crippen molar-refractivity contribution >= 4 is 13.5 Å². The normalized spacial score (nSPS) is 13.1. The molecule has 0 heterocycles. The molecule has 0 spiro atoms. The highest BCUT2D eigenvalue weighted by Crippen LogP contribution is 2.51. The minimum atomic E-state index is -2.32. The number of hydrogen-bond acceptors (Lipinski definition) is 2. The smallest absolute Gasteiger partial charge is 0.236 e. The maximum Gasteiger partial charge on any atom is 0.236 e. The molecule has 1 rings (SSSR count). The molecular formula is C16H25NOSi. The lowest BCUT2D eigenvalue weighted by Gasteiger charge is -2.50. The van der Waals surface area contributed by atoms with Crippen LogP contribution in [0.25, 0.3) is 0 Å². The van der Waals surface area contributed by atoms with E-state index in [1.807, 2.05) is 6.07 Å². The molecule has 0 aromatic heterocycles. The Labute approximate surface area is 118 Å². The highest BCUT2D eigenvalue weighted by atomic mass is 28.4. The molecule has 1 aromatic rings. The number of nitrogens with zero attached hydrogens (tertiary/aromatic N) is 1. The van der Waals surface area contributed by atoms with Crippen LogP contribution in [-0.4, -0.2) is 14.9 Å². The van der Waals surface area contributed by atoms with Crippen LogP contribution in [0.2, 0.25) is 10.1 Å². The molecule has 0 N–H and O–H groups in total. The summed E-state index contributed by atoms with van der Waals surface area (Å²) >= 11 is 0. The Morgan fingerprint density at radius 1 is 1.00 bits per heavy atom. The summed E-state index contributed by atoms with van der Waals surface area (Å²) < 4.78 is 6.27. The summed E-state index contributed by atoms with van der Waals surface area (Å²) in [7, 11) is -2.32. The lowest BCUT2D eigenvalue weighted by Crippen LogP contribution is -2.63. The van der Waals surface area contributed by atoms with E-state index in [0.717, 1.165) is 0 Å². The SMILES string of the molecule is CC(C)(C)[Si](OCC#N)(c1ccccc1)C(C)(C)C. The molecule has 0 aliphatic heterocycles. The van der Waals surface area contributed by atoms with Crippen molar-refractivity contribution in [2.24, 2.45) is 0 Å². The number of rotatable bonds is 3. The van der Waals surface area contributed by atoms with Crippen LogP contribution in [-0.2, 0) is 4.43 Å². The second kappa shape index (κ2) is 5.48. The quantitative estimate of drug-likeness (QED) is 0.782. The standard InChI is InChI=1S/C16H25NOSi/c1-15(2,3)19(16(4,5)6,18-13-12-17)14-10-8-7-9-11-14/h7-11H,13H2,1-6H3. The molecule has 0 aliphatic rings. The van der Waals surface area contributed by atoms with Gasteiger partial charge in [-0.1, -0.05) is 71.9 Å². The van der Waals surface area contributed by atoms with Crippen molar-refractivity contribution in [3.63, 3.8) is 0 Å². The number of benzene rings is 1. The molecule has 3 heteroatoms. The Morgan fingerprint density at radius 3 is 1.84 bits per heavy atom. The molecule has 104 valence electrons. The Morgan fingerprint density at radius 2 is 1.47 bits per heavy atom. The van der Waals surface area contributed by atoms with E-state index in [2.05, 4.69) is 71.9 Å². The van der Waals surface area contributed by atoms with Gasteiger partial charge in [-0.3, -0.25) is 0 Å². The second-order valence-corrected chi connectivity index (χ2v) is 12.2. The van der Waals surface area contributed by atoms with Crippen LogP contribution in [0.4, 0.5) is 0 Å². The van der Waals surface area contributed by atoms with E-state index in [1.54, 1.807) is 0 Å². The van der Waals surface area contributed by atoms with Crippen LogP contribution in [0.1, 0.15) is 41.5 Å². The number of nitriles is 1. The fourth-order valence-corrected chi connectivity index (χ4v) is 9.28. The summed E-state index contributed by atoms with van der Waals surface area (Å²) in [4.78, 5) is 0. The molecule has 0 unspecified atom stereocenters. The predicted molar refractivity (Wildman–Crippen MR) is 82.8 cm³/mol. The van der Waals surface area contributed by atoms with Gasteiger partial charge in [0.05, 0.1) is 6.07 Å². The van der Waals surface area contributed by atoms with E-state index in [4.69, 9.17) is 9.69 Å². The Bertz CT molecular complexity index is 434. The zero-order valence-electron chi connectivity index (χ0n) is 12.9. The molecule has 0 atom stereocenters. The van der Waals surface area contributed by atoms with E-state index < -0.39 is 8.32 Å². The topological polar surface area (TPSA) is 33.0 Å². The summed E-state index contributed by atoms with van der Waals surface area (Å²) in [6.45, 7) is 13.5. The highest BCUT2D eigenvalue weighted by Gasteiger charge is 2.56. The van der Waals surface area contributed by atoms with Crippen LogP contribution in [0, 0.1) is 11.3 Å². The molecule has 0 saturated heterocycles. The maximum atomic E-state index is 8.96. The molecule has 2 nitrogen and oxygen atoms in total. The van der Waals surface area contributed by atoms with E-state index in [1.165, 1.54) is 5.19 Å². The van der Waals surface area contributed by atoms with Gasteiger partial charge in [-0.05, 0) is 15.3 Å². The Kier molecular flexibility index (Phi) is 4.60. The highest BCUT2D eigenvalue weighted by molar-refractivity contribution is 6.91. The molecule has 0 amide bonds. The monoisotopic (exact) mass is 275 g/mol. The first-order valence-corrected chi connectivity index (χ1v) is 8.64. The molecule has 0 radical (unpaired) electrons. The average molecular weight is 275 g/mol. The van der Waals surface area contributed by atoms with Crippen molar-refractivity contribution in [2.75, 3.05) is 6.61 Å². The summed E-state index contributed by atoms with van der Waals surface area (Å²) in [6.07, 6.45) is 0. The van der Waals surface area contributed by atoms with Gasteiger partial charge >= 0.3 is 0 Å². The maximum absolute atomic E-state index is 8.96. The van der Waals surface area contributed by atoms with Crippen LogP contribution in [0.15, 0.2) is 30.3 Å². The van der Waals surface area contributed by atoms with Gasteiger partial charge in [-0.15, -0.1) is 0 Å². The minimum absolute atomic E-state index is 0.0173. The third-order valence-electron chi connectivity index (χ3n) is 3.65. The zero-order chi connectivity index (χ0) is 14.7. The Hall–Kier alpha value is -1.11. The molecule has 1 aromatic carbocycles.